The Morgan fingerprint density at radius 1 is 1.36 bits per heavy atom. The van der Waals surface area contributed by atoms with E-state index in [1.54, 1.807) is 19.1 Å². The Labute approximate surface area is 165 Å². The monoisotopic (exact) mass is 410 g/mol. The normalized spacial score (nSPS) is 17.7. The molecule has 1 aromatic heterocycles. The first-order chi connectivity index (χ1) is 13.3. The molecule has 0 saturated carbocycles. The van der Waals surface area contributed by atoms with Crippen molar-refractivity contribution in [3.63, 3.8) is 0 Å². The fourth-order valence-corrected chi connectivity index (χ4v) is 4.85. The van der Waals surface area contributed by atoms with Gasteiger partial charge in [-0.2, -0.15) is 4.98 Å². The third kappa shape index (κ3) is 4.95. The predicted molar refractivity (Wildman–Crippen MR) is 105 cm³/mol. The van der Waals surface area contributed by atoms with E-state index in [1.165, 1.54) is 6.07 Å². The number of hydrogen-bond acceptors (Lipinski definition) is 6. The number of benzene rings is 1. The van der Waals surface area contributed by atoms with Crippen LogP contribution >= 0.6 is 0 Å². The van der Waals surface area contributed by atoms with Crippen molar-refractivity contribution in [2.75, 3.05) is 18.8 Å². The number of likely N-dealkylation sites (tertiary alicyclic amines) is 1. The van der Waals surface area contributed by atoms with Crippen LogP contribution in [0.25, 0.3) is 11.4 Å². The minimum absolute atomic E-state index is 0.0274. The van der Waals surface area contributed by atoms with Crippen LogP contribution in [0.3, 0.4) is 0 Å². The second kappa shape index (κ2) is 8.67. The molecule has 28 heavy (non-hydrogen) atoms. The quantitative estimate of drug-likeness (QED) is 0.755. The first kappa shape index (κ1) is 20.9. The van der Waals surface area contributed by atoms with Gasteiger partial charge < -0.3 is 4.52 Å². The number of hydrogen-bond donors (Lipinski definition) is 1. The minimum Gasteiger partial charge on any atom is -0.337 e. The highest BCUT2D eigenvalue weighted by Gasteiger charge is 2.28. The molecule has 0 spiro atoms. The number of halogens is 1. The first-order valence-electron chi connectivity index (χ1n) is 9.63. The molecule has 1 aliphatic rings. The molecular formula is C19H27FN4O3S. The maximum absolute atomic E-state index is 13.5. The van der Waals surface area contributed by atoms with Crippen molar-refractivity contribution in [3.05, 3.63) is 35.5 Å². The molecule has 1 fully saturated rings. The number of nitrogens with zero attached hydrogens (tertiary/aromatic N) is 3. The van der Waals surface area contributed by atoms with Crippen LogP contribution < -0.4 is 4.72 Å². The summed E-state index contributed by atoms with van der Waals surface area (Å²) in [6.07, 6.45) is 2.09. The summed E-state index contributed by atoms with van der Waals surface area (Å²) in [6, 6.07) is 4.63. The molecule has 1 N–H and O–H groups in total. The van der Waals surface area contributed by atoms with Crippen molar-refractivity contribution in [2.24, 2.45) is 0 Å². The standard InChI is InChI=1S/C19H27FN4O3S/c1-4-11-28(25,26)23-16-7-9-24(10-8-16)14(3)19-21-18(22-27-19)15-5-6-17(20)13(2)12-15/h5-6,12,14,16,23H,4,7-11H2,1-3H3. The van der Waals surface area contributed by atoms with Crippen LogP contribution in [0.5, 0.6) is 0 Å². The van der Waals surface area contributed by atoms with Gasteiger partial charge in [0.25, 0.3) is 0 Å². The minimum atomic E-state index is -3.19. The molecular weight excluding hydrogens is 383 g/mol. The van der Waals surface area contributed by atoms with Gasteiger partial charge in [-0.3, -0.25) is 4.90 Å². The van der Waals surface area contributed by atoms with Gasteiger partial charge in [-0.1, -0.05) is 12.1 Å². The van der Waals surface area contributed by atoms with Gasteiger partial charge in [0.2, 0.25) is 21.7 Å². The van der Waals surface area contributed by atoms with Gasteiger partial charge in [-0.05, 0) is 56.9 Å². The second-order valence-electron chi connectivity index (χ2n) is 7.34. The molecule has 3 rings (SSSR count). The van der Waals surface area contributed by atoms with Crippen molar-refractivity contribution in [1.29, 1.82) is 0 Å². The van der Waals surface area contributed by atoms with Crippen molar-refractivity contribution < 1.29 is 17.3 Å². The molecule has 154 valence electrons. The van der Waals surface area contributed by atoms with Crippen LogP contribution in [0.15, 0.2) is 22.7 Å². The highest BCUT2D eigenvalue weighted by molar-refractivity contribution is 7.89. The largest absolute Gasteiger partial charge is 0.337 e. The second-order valence-corrected chi connectivity index (χ2v) is 9.22. The first-order valence-corrected chi connectivity index (χ1v) is 11.3. The molecule has 1 saturated heterocycles. The van der Waals surface area contributed by atoms with Gasteiger partial charge in [-0.15, -0.1) is 0 Å². The summed E-state index contributed by atoms with van der Waals surface area (Å²) < 4.78 is 45.6. The van der Waals surface area contributed by atoms with Crippen LogP contribution in [-0.4, -0.2) is 48.3 Å². The zero-order valence-corrected chi connectivity index (χ0v) is 17.3. The van der Waals surface area contributed by atoms with Gasteiger partial charge in [0.1, 0.15) is 5.82 Å². The molecule has 2 aromatic rings. The highest BCUT2D eigenvalue weighted by Crippen LogP contribution is 2.26. The number of aromatic nitrogens is 2. The summed E-state index contributed by atoms with van der Waals surface area (Å²) >= 11 is 0. The fraction of sp³-hybridized carbons (Fsp3) is 0.579. The van der Waals surface area contributed by atoms with Gasteiger partial charge in [0, 0.05) is 24.7 Å². The van der Waals surface area contributed by atoms with Crippen molar-refractivity contribution in [1.82, 2.24) is 19.8 Å². The van der Waals surface area contributed by atoms with E-state index in [4.69, 9.17) is 4.52 Å². The topological polar surface area (TPSA) is 88.3 Å². The Kier molecular flexibility index (Phi) is 6.47. The van der Waals surface area contributed by atoms with Gasteiger partial charge in [0.15, 0.2) is 0 Å². The third-order valence-corrected chi connectivity index (χ3v) is 6.75. The smallest absolute Gasteiger partial charge is 0.244 e. The van der Waals surface area contributed by atoms with Crippen LogP contribution in [0, 0.1) is 12.7 Å². The summed E-state index contributed by atoms with van der Waals surface area (Å²) in [5, 5.41) is 4.03. The van der Waals surface area contributed by atoms with E-state index in [0.717, 1.165) is 25.9 Å². The van der Waals surface area contributed by atoms with Crippen molar-refractivity contribution >= 4 is 10.0 Å². The zero-order chi connectivity index (χ0) is 20.3. The van der Waals surface area contributed by atoms with E-state index in [1.807, 2.05) is 13.8 Å². The van der Waals surface area contributed by atoms with Gasteiger partial charge in [-0.25, -0.2) is 17.5 Å². The molecule has 2 heterocycles. The third-order valence-electron chi connectivity index (χ3n) is 5.11. The van der Waals surface area contributed by atoms with E-state index in [2.05, 4.69) is 19.8 Å². The van der Waals surface area contributed by atoms with Crippen LogP contribution in [0.1, 0.15) is 50.6 Å². The summed E-state index contributed by atoms with van der Waals surface area (Å²) in [7, 11) is -3.19. The number of sulfonamides is 1. The molecule has 1 aromatic carbocycles. The number of aryl methyl sites for hydroxylation is 1. The van der Waals surface area contributed by atoms with E-state index in [9.17, 15) is 12.8 Å². The molecule has 1 atom stereocenters. The average Bonchev–Trinajstić information content (AvgIpc) is 3.14. The lowest BCUT2D eigenvalue weighted by Crippen LogP contribution is -2.45. The highest BCUT2D eigenvalue weighted by atomic mass is 32.2. The lowest BCUT2D eigenvalue weighted by Gasteiger charge is -2.34. The Bertz CT molecular complexity index is 908. The summed E-state index contributed by atoms with van der Waals surface area (Å²) in [4.78, 5) is 6.68. The predicted octanol–water partition coefficient (Wildman–Crippen LogP) is 3.04. The number of nitrogens with one attached hydrogen (secondary N) is 1. The van der Waals surface area contributed by atoms with E-state index in [-0.39, 0.29) is 23.7 Å². The molecule has 7 nitrogen and oxygen atoms in total. The Morgan fingerprint density at radius 3 is 2.71 bits per heavy atom. The maximum atomic E-state index is 13.5. The number of piperidine rings is 1. The zero-order valence-electron chi connectivity index (χ0n) is 16.5. The molecule has 0 bridgehead atoms. The van der Waals surface area contributed by atoms with Crippen molar-refractivity contribution in [2.45, 2.75) is 52.1 Å². The summed E-state index contributed by atoms with van der Waals surface area (Å²) in [6.45, 7) is 7.03. The number of rotatable bonds is 7. The SMILES string of the molecule is CCCS(=O)(=O)NC1CCN(C(C)c2nc(-c3ccc(F)c(C)c3)no2)CC1. The van der Waals surface area contributed by atoms with Gasteiger partial charge in [0.05, 0.1) is 11.8 Å². The molecule has 0 amide bonds. The molecule has 0 aliphatic carbocycles. The van der Waals surface area contributed by atoms with Crippen LogP contribution in [0.2, 0.25) is 0 Å². The van der Waals surface area contributed by atoms with E-state index < -0.39 is 10.0 Å². The van der Waals surface area contributed by atoms with Crippen LogP contribution in [0.4, 0.5) is 4.39 Å². The Morgan fingerprint density at radius 2 is 2.07 bits per heavy atom. The Hall–Kier alpha value is -1.84. The molecule has 1 aliphatic heterocycles. The maximum Gasteiger partial charge on any atom is 0.244 e. The van der Waals surface area contributed by atoms with Crippen molar-refractivity contribution in [3.8, 4) is 11.4 Å². The molecule has 1 unspecified atom stereocenters. The molecule has 9 heteroatoms. The average molecular weight is 411 g/mol. The summed E-state index contributed by atoms with van der Waals surface area (Å²) in [5.41, 5.74) is 1.25. The Balaban J connectivity index is 1.60. The molecule has 0 radical (unpaired) electrons. The van der Waals surface area contributed by atoms with Crippen LogP contribution in [-0.2, 0) is 10.0 Å². The fourth-order valence-electron chi connectivity index (χ4n) is 3.45. The van der Waals surface area contributed by atoms with E-state index in [0.29, 0.717) is 29.3 Å². The lowest BCUT2D eigenvalue weighted by molar-refractivity contribution is 0.134. The lowest BCUT2D eigenvalue weighted by atomic mass is 10.0. The van der Waals surface area contributed by atoms with Gasteiger partial charge >= 0.3 is 0 Å². The summed E-state index contributed by atoms with van der Waals surface area (Å²) in [5.74, 6) is 0.837. The van der Waals surface area contributed by atoms with E-state index >= 15 is 0 Å².